The van der Waals surface area contributed by atoms with Crippen LogP contribution in [-0.2, 0) is 11.3 Å². The number of carbonyl (C=O) groups is 1. The van der Waals surface area contributed by atoms with E-state index in [1.54, 1.807) is 6.07 Å². The first-order valence-corrected chi connectivity index (χ1v) is 9.93. The predicted octanol–water partition coefficient (Wildman–Crippen LogP) is 4.52. The summed E-state index contributed by atoms with van der Waals surface area (Å²) >= 11 is 6.17. The third-order valence-corrected chi connectivity index (χ3v) is 5.42. The van der Waals surface area contributed by atoms with E-state index < -0.39 is 11.6 Å². The molecule has 9 heteroatoms. The van der Waals surface area contributed by atoms with Gasteiger partial charge in [-0.15, -0.1) is 0 Å². The number of hydrogen-bond donors (Lipinski definition) is 1. The number of benzene rings is 2. The number of anilines is 1. The van der Waals surface area contributed by atoms with Crippen LogP contribution in [0.4, 0.5) is 14.5 Å². The maximum atomic E-state index is 13.3. The van der Waals surface area contributed by atoms with Gasteiger partial charge in [0.2, 0.25) is 17.6 Å². The van der Waals surface area contributed by atoms with Gasteiger partial charge in [-0.1, -0.05) is 28.9 Å². The van der Waals surface area contributed by atoms with E-state index in [9.17, 15) is 13.6 Å². The molecule has 1 saturated heterocycles. The topological polar surface area (TPSA) is 71.3 Å². The van der Waals surface area contributed by atoms with Gasteiger partial charge in [0.25, 0.3) is 0 Å². The average molecular weight is 433 g/mol. The molecule has 0 aliphatic carbocycles. The number of amides is 1. The molecule has 3 aromatic rings. The summed E-state index contributed by atoms with van der Waals surface area (Å²) in [5, 5.41) is 7.20. The number of piperidine rings is 1. The minimum Gasteiger partial charge on any atom is -0.338 e. The van der Waals surface area contributed by atoms with Crippen molar-refractivity contribution in [2.75, 3.05) is 18.4 Å². The fourth-order valence-electron chi connectivity index (χ4n) is 3.43. The molecule has 1 amide bonds. The van der Waals surface area contributed by atoms with Crippen molar-refractivity contribution in [3.05, 3.63) is 65.0 Å². The SMILES string of the molecule is O=C(Nc1ccc(F)c(F)c1)C1CCN(Cc2nc(-c3ccccc3Cl)no2)CC1. The standard InChI is InChI=1S/C21H19ClF2N4O2/c22-16-4-2-1-3-15(16)20-26-19(30-27-20)12-28-9-7-13(8-10-28)21(29)25-14-5-6-17(23)18(24)11-14/h1-6,11,13H,7-10,12H2,(H,25,29). The van der Waals surface area contributed by atoms with Gasteiger partial charge in [0, 0.05) is 23.2 Å². The van der Waals surface area contributed by atoms with Crippen LogP contribution in [0.2, 0.25) is 5.02 Å². The van der Waals surface area contributed by atoms with Crippen LogP contribution in [0.5, 0.6) is 0 Å². The normalized spacial score (nSPS) is 15.3. The van der Waals surface area contributed by atoms with Crippen molar-refractivity contribution in [3.8, 4) is 11.4 Å². The van der Waals surface area contributed by atoms with Gasteiger partial charge in [-0.25, -0.2) is 8.78 Å². The van der Waals surface area contributed by atoms with E-state index in [4.69, 9.17) is 16.1 Å². The molecule has 0 saturated carbocycles. The second kappa shape index (κ2) is 8.89. The van der Waals surface area contributed by atoms with Crippen molar-refractivity contribution in [1.82, 2.24) is 15.0 Å². The Labute approximate surface area is 176 Å². The molecule has 1 aliphatic rings. The number of hydrogen-bond acceptors (Lipinski definition) is 5. The van der Waals surface area contributed by atoms with E-state index >= 15 is 0 Å². The molecule has 1 fully saturated rings. The van der Waals surface area contributed by atoms with Gasteiger partial charge in [-0.05, 0) is 50.2 Å². The lowest BCUT2D eigenvalue weighted by Gasteiger charge is -2.30. The number of nitrogens with zero attached hydrogens (tertiary/aromatic N) is 3. The molecule has 0 spiro atoms. The summed E-state index contributed by atoms with van der Waals surface area (Å²) in [5.74, 6) is -1.40. The van der Waals surface area contributed by atoms with Gasteiger partial charge in [0.1, 0.15) is 0 Å². The third-order valence-electron chi connectivity index (χ3n) is 5.09. The highest BCUT2D eigenvalue weighted by Crippen LogP contribution is 2.26. The van der Waals surface area contributed by atoms with Crippen LogP contribution in [0.25, 0.3) is 11.4 Å². The Morgan fingerprint density at radius 1 is 1.17 bits per heavy atom. The van der Waals surface area contributed by atoms with Crippen LogP contribution in [0.15, 0.2) is 47.0 Å². The van der Waals surface area contributed by atoms with E-state index in [1.165, 1.54) is 6.07 Å². The number of aromatic nitrogens is 2. The summed E-state index contributed by atoms with van der Waals surface area (Å²) in [7, 11) is 0. The molecule has 0 radical (unpaired) electrons. The zero-order chi connectivity index (χ0) is 21.1. The molecule has 6 nitrogen and oxygen atoms in total. The van der Waals surface area contributed by atoms with E-state index in [-0.39, 0.29) is 17.5 Å². The zero-order valence-electron chi connectivity index (χ0n) is 15.9. The first-order chi connectivity index (χ1) is 14.5. The summed E-state index contributed by atoms with van der Waals surface area (Å²) in [6, 6.07) is 10.6. The monoisotopic (exact) mass is 432 g/mol. The highest BCUT2D eigenvalue weighted by atomic mass is 35.5. The molecule has 156 valence electrons. The van der Waals surface area contributed by atoms with E-state index in [1.807, 2.05) is 18.2 Å². The van der Waals surface area contributed by atoms with Crippen molar-refractivity contribution in [3.63, 3.8) is 0 Å². The molecular formula is C21H19ClF2N4O2. The quantitative estimate of drug-likeness (QED) is 0.642. The van der Waals surface area contributed by atoms with Crippen LogP contribution in [-0.4, -0.2) is 34.0 Å². The molecule has 1 N–H and O–H groups in total. The Morgan fingerprint density at radius 2 is 1.93 bits per heavy atom. The first-order valence-electron chi connectivity index (χ1n) is 9.55. The van der Waals surface area contributed by atoms with Gasteiger partial charge >= 0.3 is 0 Å². The average Bonchev–Trinajstić information content (AvgIpc) is 3.20. The first kappa shape index (κ1) is 20.4. The molecule has 2 aromatic carbocycles. The van der Waals surface area contributed by atoms with Crippen molar-refractivity contribution in [2.45, 2.75) is 19.4 Å². The Bertz CT molecular complexity index is 1050. The molecule has 0 bridgehead atoms. The summed E-state index contributed by atoms with van der Waals surface area (Å²) in [6.45, 7) is 1.84. The van der Waals surface area contributed by atoms with Crippen molar-refractivity contribution >= 4 is 23.2 Å². The fraction of sp³-hybridized carbons (Fsp3) is 0.286. The number of likely N-dealkylation sites (tertiary alicyclic amines) is 1. The number of halogens is 3. The maximum Gasteiger partial charge on any atom is 0.241 e. The van der Waals surface area contributed by atoms with Crippen molar-refractivity contribution in [1.29, 1.82) is 0 Å². The van der Waals surface area contributed by atoms with Crippen LogP contribution >= 0.6 is 11.6 Å². The molecule has 1 aromatic heterocycles. The summed E-state index contributed by atoms with van der Waals surface area (Å²) in [6.07, 6.45) is 1.28. The Hall–Kier alpha value is -2.84. The van der Waals surface area contributed by atoms with Gasteiger partial charge in [-0.2, -0.15) is 4.98 Å². The molecule has 0 unspecified atom stereocenters. The van der Waals surface area contributed by atoms with Crippen LogP contribution in [0.3, 0.4) is 0 Å². The summed E-state index contributed by atoms with van der Waals surface area (Å²) in [4.78, 5) is 19.0. The van der Waals surface area contributed by atoms with Crippen molar-refractivity contribution < 1.29 is 18.1 Å². The Kier molecular flexibility index (Phi) is 6.06. The van der Waals surface area contributed by atoms with Crippen molar-refractivity contribution in [2.24, 2.45) is 5.92 Å². The summed E-state index contributed by atoms with van der Waals surface area (Å²) < 4.78 is 31.7. The number of rotatable bonds is 5. The molecule has 30 heavy (non-hydrogen) atoms. The Morgan fingerprint density at radius 3 is 2.67 bits per heavy atom. The van der Waals surface area contributed by atoms with E-state index in [0.29, 0.717) is 54.8 Å². The molecule has 2 heterocycles. The minimum absolute atomic E-state index is 0.195. The van der Waals surface area contributed by atoms with E-state index in [0.717, 1.165) is 12.1 Å². The second-order valence-electron chi connectivity index (χ2n) is 7.16. The van der Waals surface area contributed by atoms with E-state index in [2.05, 4.69) is 20.4 Å². The molecule has 0 atom stereocenters. The highest BCUT2D eigenvalue weighted by Gasteiger charge is 2.26. The van der Waals surface area contributed by atoms with Crippen LogP contribution in [0, 0.1) is 17.6 Å². The lowest BCUT2D eigenvalue weighted by atomic mass is 9.96. The van der Waals surface area contributed by atoms with Gasteiger partial charge < -0.3 is 9.84 Å². The third kappa shape index (κ3) is 4.66. The molecule has 1 aliphatic heterocycles. The Balaban J connectivity index is 1.30. The van der Waals surface area contributed by atoms with Crippen LogP contribution in [0.1, 0.15) is 18.7 Å². The highest BCUT2D eigenvalue weighted by molar-refractivity contribution is 6.33. The second-order valence-corrected chi connectivity index (χ2v) is 7.57. The lowest BCUT2D eigenvalue weighted by Crippen LogP contribution is -2.37. The summed E-state index contributed by atoms with van der Waals surface area (Å²) in [5.41, 5.74) is 0.959. The van der Waals surface area contributed by atoms with Gasteiger partial charge in [0.05, 0.1) is 11.6 Å². The van der Waals surface area contributed by atoms with Gasteiger partial charge in [-0.3, -0.25) is 9.69 Å². The zero-order valence-corrected chi connectivity index (χ0v) is 16.7. The smallest absolute Gasteiger partial charge is 0.241 e. The fourth-order valence-corrected chi connectivity index (χ4v) is 3.65. The largest absolute Gasteiger partial charge is 0.338 e. The van der Waals surface area contributed by atoms with Gasteiger partial charge in [0.15, 0.2) is 11.6 Å². The number of nitrogens with one attached hydrogen (secondary N) is 1. The lowest BCUT2D eigenvalue weighted by molar-refractivity contribution is -0.121. The minimum atomic E-state index is -0.988. The predicted molar refractivity (Wildman–Crippen MR) is 108 cm³/mol. The number of carbonyl (C=O) groups excluding carboxylic acids is 1. The maximum absolute atomic E-state index is 13.3. The van der Waals surface area contributed by atoms with Crippen LogP contribution < -0.4 is 5.32 Å². The molecule has 4 rings (SSSR count). The molecular weight excluding hydrogens is 414 g/mol.